The molecule has 2 aromatic heterocycles. The van der Waals surface area contributed by atoms with Gasteiger partial charge in [0.1, 0.15) is 11.5 Å². The average molecular weight is 327 g/mol. The van der Waals surface area contributed by atoms with E-state index in [1.54, 1.807) is 24.5 Å². The van der Waals surface area contributed by atoms with Gasteiger partial charge in [-0.05, 0) is 48.4 Å². The number of anilines is 1. The Labute approximate surface area is 138 Å². The molecule has 3 aromatic rings. The zero-order valence-corrected chi connectivity index (χ0v) is 13.2. The molecule has 4 nitrogen and oxygen atoms in total. The van der Waals surface area contributed by atoms with Crippen molar-refractivity contribution in [1.82, 2.24) is 10.1 Å². The summed E-state index contributed by atoms with van der Waals surface area (Å²) in [5, 5.41) is 7.21. The number of nitrogens with zero attached hydrogens (tertiary/aromatic N) is 2. The molecule has 1 aromatic carbocycles. The number of rotatable bonds is 4. The van der Waals surface area contributed by atoms with Gasteiger partial charge in [0.05, 0.1) is 10.6 Å². The van der Waals surface area contributed by atoms with Crippen molar-refractivity contribution >= 4 is 23.1 Å². The summed E-state index contributed by atoms with van der Waals surface area (Å²) in [5.41, 5.74) is 3.05. The predicted octanol–water partition coefficient (Wildman–Crippen LogP) is 4.69. The quantitative estimate of drug-likeness (QED) is 0.704. The van der Waals surface area contributed by atoms with Gasteiger partial charge in [0.25, 0.3) is 0 Å². The highest BCUT2D eigenvalue weighted by atomic mass is 32.1. The fourth-order valence-corrected chi connectivity index (χ4v) is 2.27. The van der Waals surface area contributed by atoms with E-state index in [0.717, 1.165) is 16.7 Å². The Balaban J connectivity index is 2.13. The first-order chi connectivity index (χ1) is 11.2. The van der Waals surface area contributed by atoms with E-state index in [4.69, 9.17) is 16.7 Å². The first-order valence-corrected chi connectivity index (χ1v) is 7.55. The Morgan fingerprint density at radius 1 is 1.13 bits per heavy atom. The molecule has 0 aliphatic heterocycles. The molecule has 0 radical (unpaired) electrons. The Morgan fingerprint density at radius 3 is 2.48 bits per heavy atom. The third-order valence-electron chi connectivity index (χ3n) is 3.35. The number of pyridine rings is 1. The van der Waals surface area contributed by atoms with E-state index in [1.807, 2.05) is 19.1 Å². The molecule has 1 N–H and O–H groups in total. The van der Waals surface area contributed by atoms with Crippen LogP contribution in [0.1, 0.15) is 13.3 Å². The molecule has 0 aliphatic rings. The van der Waals surface area contributed by atoms with Crippen molar-refractivity contribution in [2.45, 2.75) is 13.3 Å². The Kier molecular flexibility index (Phi) is 4.43. The van der Waals surface area contributed by atoms with E-state index in [-0.39, 0.29) is 5.82 Å². The Bertz CT molecular complexity index is 816. The maximum Gasteiger partial charge on any atom is 0.237 e. The van der Waals surface area contributed by atoms with Gasteiger partial charge in [0.15, 0.2) is 0 Å². The van der Waals surface area contributed by atoms with Gasteiger partial charge in [-0.15, -0.1) is 0 Å². The van der Waals surface area contributed by atoms with E-state index in [0.29, 0.717) is 23.0 Å². The second kappa shape index (κ2) is 6.66. The topological polar surface area (TPSA) is 51.0 Å². The minimum atomic E-state index is -0.298. The molecule has 2 heterocycles. The molecule has 0 atom stereocenters. The highest BCUT2D eigenvalue weighted by molar-refractivity contribution is 7.80. The van der Waals surface area contributed by atoms with Crippen molar-refractivity contribution in [2.24, 2.45) is 0 Å². The van der Waals surface area contributed by atoms with Gasteiger partial charge < -0.3 is 9.84 Å². The maximum absolute atomic E-state index is 13.2. The van der Waals surface area contributed by atoms with Gasteiger partial charge in [-0.3, -0.25) is 4.98 Å². The van der Waals surface area contributed by atoms with Crippen LogP contribution in [-0.4, -0.2) is 15.1 Å². The maximum atomic E-state index is 13.2. The number of hydrogen-bond donors (Lipinski definition) is 1. The summed E-state index contributed by atoms with van der Waals surface area (Å²) in [5.74, 6) is 0.176. The molecule has 3 rings (SSSR count). The lowest BCUT2D eigenvalue weighted by atomic mass is 10.0. The summed E-state index contributed by atoms with van der Waals surface area (Å²) in [6.07, 6.45) is 4.08. The Morgan fingerprint density at radius 2 is 1.83 bits per heavy atom. The standard InChI is InChI=1S/C17H14FN3OS/c1-2-14(23)20-17-15(11-7-9-19-10-8-11)16(21-22-17)12-3-5-13(18)6-4-12/h3-10H,2H2,1H3,(H,20,23). The van der Waals surface area contributed by atoms with E-state index in [2.05, 4.69) is 15.5 Å². The second-order valence-corrected chi connectivity index (χ2v) is 5.37. The zero-order valence-electron chi connectivity index (χ0n) is 12.4. The third kappa shape index (κ3) is 3.27. The van der Waals surface area contributed by atoms with Gasteiger partial charge in [-0.2, -0.15) is 0 Å². The van der Waals surface area contributed by atoms with Crippen LogP contribution in [0, 0.1) is 5.82 Å². The summed E-state index contributed by atoms with van der Waals surface area (Å²) in [6, 6.07) is 9.84. The van der Waals surface area contributed by atoms with Crippen LogP contribution >= 0.6 is 12.2 Å². The van der Waals surface area contributed by atoms with Crippen molar-refractivity contribution in [1.29, 1.82) is 0 Å². The monoisotopic (exact) mass is 327 g/mol. The smallest absolute Gasteiger partial charge is 0.237 e. The molecular formula is C17H14FN3OS. The fraction of sp³-hybridized carbons (Fsp3) is 0.118. The average Bonchev–Trinajstić information content (AvgIpc) is 2.99. The number of aromatic nitrogens is 2. The molecule has 0 fully saturated rings. The number of nitrogens with one attached hydrogen (secondary N) is 1. The predicted molar refractivity (Wildman–Crippen MR) is 91.6 cm³/mol. The lowest BCUT2D eigenvalue weighted by molar-refractivity contribution is 0.438. The number of halogens is 1. The van der Waals surface area contributed by atoms with Crippen LogP contribution in [0.4, 0.5) is 10.3 Å². The summed E-state index contributed by atoms with van der Waals surface area (Å²) in [6.45, 7) is 1.96. The fourth-order valence-electron chi connectivity index (χ4n) is 2.18. The van der Waals surface area contributed by atoms with Crippen molar-refractivity contribution in [2.75, 3.05) is 5.32 Å². The molecule has 23 heavy (non-hydrogen) atoms. The number of hydrogen-bond acceptors (Lipinski definition) is 4. The Hall–Kier alpha value is -2.60. The van der Waals surface area contributed by atoms with Gasteiger partial charge >= 0.3 is 0 Å². The molecule has 0 spiro atoms. The van der Waals surface area contributed by atoms with Crippen LogP contribution in [0.15, 0.2) is 53.3 Å². The first-order valence-electron chi connectivity index (χ1n) is 7.15. The molecule has 0 saturated heterocycles. The molecule has 0 saturated carbocycles. The van der Waals surface area contributed by atoms with Gasteiger partial charge in [-0.25, -0.2) is 4.39 Å². The molecule has 0 bridgehead atoms. The van der Waals surface area contributed by atoms with Gasteiger partial charge in [0.2, 0.25) is 5.88 Å². The summed E-state index contributed by atoms with van der Waals surface area (Å²) < 4.78 is 18.6. The van der Waals surface area contributed by atoms with Gasteiger partial charge in [0, 0.05) is 18.0 Å². The van der Waals surface area contributed by atoms with Crippen molar-refractivity contribution in [3.8, 4) is 22.4 Å². The van der Waals surface area contributed by atoms with Crippen LogP contribution < -0.4 is 5.32 Å². The van der Waals surface area contributed by atoms with Crippen molar-refractivity contribution in [3.63, 3.8) is 0 Å². The third-order valence-corrected chi connectivity index (χ3v) is 3.74. The largest absolute Gasteiger partial charge is 0.337 e. The van der Waals surface area contributed by atoms with Crippen LogP contribution in [-0.2, 0) is 0 Å². The second-order valence-electron chi connectivity index (χ2n) is 4.88. The lowest BCUT2D eigenvalue weighted by Crippen LogP contribution is -2.07. The molecule has 116 valence electrons. The minimum Gasteiger partial charge on any atom is -0.337 e. The highest BCUT2D eigenvalue weighted by Gasteiger charge is 2.20. The van der Waals surface area contributed by atoms with Crippen LogP contribution in [0.3, 0.4) is 0 Å². The van der Waals surface area contributed by atoms with E-state index in [9.17, 15) is 4.39 Å². The molecule has 0 unspecified atom stereocenters. The lowest BCUT2D eigenvalue weighted by Gasteiger charge is -2.06. The SMILES string of the molecule is CCC(=S)Nc1onc(-c2ccc(F)cc2)c1-c1ccncc1. The normalized spacial score (nSPS) is 10.5. The summed E-state index contributed by atoms with van der Waals surface area (Å²) in [7, 11) is 0. The van der Waals surface area contributed by atoms with E-state index in [1.165, 1.54) is 12.1 Å². The minimum absolute atomic E-state index is 0.298. The number of benzene rings is 1. The molecule has 0 aliphatic carbocycles. The number of thiocarbonyl (C=S) groups is 1. The van der Waals surface area contributed by atoms with Crippen LogP contribution in [0.5, 0.6) is 0 Å². The zero-order chi connectivity index (χ0) is 16.2. The first kappa shape index (κ1) is 15.3. The molecular weight excluding hydrogens is 313 g/mol. The van der Waals surface area contributed by atoms with E-state index >= 15 is 0 Å². The van der Waals surface area contributed by atoms with Gasteiger partial charge in [-0.1, -0.05) is 24.3 Å². The van der Waals surface area contributed by atoms with Crippen molar-refractivity contribution < 1.29 is 8.91 Å². The highest BCUT2D eigenvalue weighted by Crippen LogP contribution is 2.37. The van der Waals surface area contributed by atoms with Crippen LogP contribution in [0.25, 0.3) is 22.4 Å². The molecule has 0 amide bonds. The van der Waals surface area contributed by atoms with Crippen molar-refractivity contribution in [3.05, 3.63) is 54.6 Å². The van der Waals surface area contributed by atoms with E-state index < -0.39 is 0 Å². The molecule has 6 heteroatoms. The summed E-state index contributed by atoms with van der Waals surface area (Å²) in [4.78, 5) is 4.68. The van der Waals surface area contributed by atoms with Crippen LogP contribution in [0.2, 0.25) is 0 Å². The summed E-state index contributed by atoms with van der Waals surface area (Å²) >= 11 is 5.23.